The number of aromatic nitrogens is 4. The largest absolute Gasteiger partial charge is 0.366 e. The van der Waals surface area contributed by atoms with Crippen LogP contribution in [0.1, 0.15) is 27.2 Å². The van der Waals surface area contributed by atoms with Gasteiger partial charge in [-0.25, -0.2) is 24.3 Å². The van der Waals surface area contributed by atoms with Crippen molar-refractivity contribution in [2.75, 3.05) is 0 Å². The molecule has 2 aromatic carbocycles. The lowest BCUT2D eigenvalue weighted by atomic mass is 9.94. The molecule has 0 fully saturated rings. The Morgan fingerprint density at radius 1 is 1.08 bits per heavy atom. The van der Waals surface area contributed by atoms with E-state index in [-0.39, 0.29) is 11.3 Å². The number of aryl methyl sites for hydroxylation is 1. The van der Waals surface area contributed by atoms with Crippen LogP contribution in [0.4, 0.5) is 4.39 Å². The van der Waals surface area contributed by atoms with Gasteiger partial charge in [0.2, 0.25) is 0 Å². The molecular formula is C27H15FN6OS. The standard InChI is InChI=1S/C27H15FN6OS/c1-3-16-8-9-18(28)11-19(16)20-10-14(2)32-23(22(20)24(30)35)26-34-25-27(36-26)33-21(13-31-25)17-6-4-15(12-29)5-7-17/h1,4-11,13H,2H3,(H2,30,35). The summed E-state index contributed by atoms with van der Waals surface area (Å²) in [7, 11) is 0. The molecule has 0 radical (unpaired) electrons. The Morgan fingerprint density at radius 3 is 2.56 bits per heavy atom. The van der Waals surface area contributed by atoms with Gasteiger partial charge in [0.1, 0.15) is 16.5 Å². The molecule has 0 aliphatic heterocycles. The number of thiazole rings is 1. The highest BCUT2D eigenvalue weighted by atomic mass is 32.1. The average molecular weight is 491 g/mol. The number of nitrogens with two attached hydrogens (primary N) is 1. The summed E-state index contributed by atoms with van der Waals surface area (Å²) < 4.78 is 14.1. The van der Waals surface area contributed by atoms with Crippen LogP contribution in [-0.4, -0.2) is 25.8 Å². The van der Waals surface area contributed by atoms with Crippen molar-refractivity contribution in [3.05, 3.63) is 82.9 Å². The van der Waals surface area contributed by atoms with Gasteiger partial charge in [0.25, 0.3) is 5.91 Å². The maximum atomic E-state index is 14.1. The van der Waals surface area contributed by atoms with E-state index in [1.165, 1.54) is 29.5 Å². The lowest BCUT2D eigenvalue weighted by Gasteiger charge is -2.13. The van der Waals surface area contributed by atoms with Crippen LogP contribution in [-0.2, 0) is 0 Å². The Labute approximate surface area is 209 Å². The molecule has 3 heterocycles. The number of nitrogens with zero attached hydrogens (tertiary/aromatic N) is 5. The first-order chi connectivity index (χ1) is 17.4. The summed E-state index contributed by atoms with van der Waals surface area (Å²) in [4.78, 5) is 31.3. The number of rotatable bonds is 4. The fraction of sp³-hybridized carbons (Fsp3) is 0.0370. The van der Waals surface area contributed by atoms with Crippen LogP contribution in [0.3, 0.4) is 0 Å². The molecule has 9 heteroatoms. The maximum absolute atomic E-state index is 14.1. The number of terminal acetylenes is 1. The summed E-state index contributed by atoms with van der Waals surface area (Å²) in [5.74, 6) is 1.27. The first-order valence-corrected chi connectivity index (χ1v) is 11.4. The summed E-state index contributed by atoms with van der Waals surface area (Å²) in [6.07, 6.45) is 7.22. The molecule has 0 saturated heterocycles. The number of nitriles is 1. The number of hydrogen-bond acceptors (Lipinski definition) is 7. The summed E-state index contributed by atoms with van der Waals surface area (Å²) >= 11 is 1.20. The van der Waals surface area contributed by atoms with Gasteiger partial charge >= 0.3 is 0 Å². The molecule has 5 rings (SSSR count). The van der Waals surface area contributed by atoms with Crippen LogP contribution >= 0.6 is 11.3 Å². The van der Waals surface area contributed by atoms with Crippen molar-refractivity contribution in [3.8, 4) is 51.5 Å². The Kier molecular flexibility index (Phi) is 5.69. The van der Waals surface area contributed by atoms with Crippen LogP contribution in [0.15, 0.2) is 54.7 Å². The van der Waals surface area contributed by atoms with E-state index >= 15 is 0 Å². The second-order valence-electron chi connectivity index (χ2n) is 7.83. The zero-order valence-electron chi connectivity index (χ0n) is 18.8. The van der Waals surface area contributed by atoms with Crippen molar-refractivity contribution < 1.29 is 9.18 Å². The molecule has 0 atom stereocenters. The summed E-state index contributed by atoms with van der Waals surface area (Å²) in [6.45, 7) is 1.75. The molecule has 172 valence electrons. The summed E-state index contributed by atoms with van der Waals surface area (Å²) in [5, 5.41) is 9.40. The third kappa shape index (κ3) is 4.05. The van der Waals surface area contributed by atoms with E-state index in [1.807, 2.05) is 0 Å². The number of carbonyl (C=O) groups excluding carboxylic acids is 1. The number of fused-ring (bicyclic) bond motifs is 1. The second-order valence-corrected chi connectivity index (χ2v) is 8.80. The third-order valence-corrected chi connectivity index (χ3v) is 6.40. The van der Waals surface area contributed by atoms with Gasteiger partial charge in [-0.05, 0) is 48.9 Å². The number of benzene rings is 2. The zero-order valence-corrected chi connectivity index (χ0v) is 19.6. The van der Waals surface area contributed by atoms with Crippen molar-refractivity contribution in [3.63, 3.8) is 0 Å². The van der Waals surface area contributed by atoms with Crippen molar-refractivity contribution in [1.29, 1.82) is 5.26 Å². The van der Waals surface area contributed by atoms with Gasteiger partial charge in [-0.2, -0.15) is 5.26 Å². The molecular weight excluding hydrogens is 475 g/mol. The number of halogens is 1. The highest BCUT2D eigenvalue weighted by Gasteiger charge is 2.23. The highest BCUT2D eigenvalue weighted by Crippen LogP contribution is 2.36. The molecule has 36 heavy (non-hydrogen) atoms. The van der Waals surface area contributed by atoms with Crippen molar-refractivity contribution in [2.24, 2.45) is 5.73 Å². The fourth-order valence-electron chi connectivity index (χ4n) is 3.83. The molecule has 0 bridgehead atoms. The van der Waals surface area contributed by atoms with Gasteiger partial charge in [-0.3, -0.25) is 4.79 Å². The number of carbonyl (C=O) groups is 1. The molecule has 7 nitrogen and oxygen atoms in total. The summed E-state index contributed by atoms with van der Waals surface area (Å²) in [6, 6.07) is 14.7. The predicted molar refractivity (Wildman–Crippen MR) is 135 cm³/mol. The van der Waals surface area contributed by atoms with Gasteiger partial charge in [0.15, 0.2) is 10.5 Å². The average Bonchev–Trinajstić information content (AvgIpc) is 3.31. The van der Waals surface area contributed by atoms with E-state index in [4.69, 9.17) is 17.4 Å². The lowest BCUT2D eigenvalue weighted by molar-refractivity contribution is 0.100. The summed E-state index contributed by atoms with van der Waals surface area (Å²) in [5.41, 5.74) is 10.1. The van der Waals surface area contributed by atoms with E-state index in [0.717, 1.165) is 5.56 Å². The first-order valence-electron chi connectivity index (χ1n) is 10.6. The van der Waals surface area contributed by atoms with Gasteiger partial charge in [-0.1, -0.05) is 29.4 Å². The second kappa shape index (κ2) is 8.99. The van der Waals surface area contributed by atoms with Crippen molar-refractivity contribution in [1.82, 2.24) is 19.9 Å². The van der Waals surface area contributed by atoms with E-state index in [9.17, 15) is 9.18 Å². The molecule has 3 aromatic heterocycles. The van der Waals surface area contributed by atoms with Crippen LogP contribution in [0.2, 0.25) is 0 Å². The topological polar surface area (TPSA) is 118 Å². The minimum absolute atomic E-state index is 0.0778. The number of hydrogen-bond donors (Lipinski definition) is 1. The molecule has 1 amide bonds. The Balaban J connectivity index is 1.69. The Morgan fingerprint density at radius 2 is 1.86 bits per heavy atom. The molecule has 0 saturated carbocycles. The number of amides is 1. The van der Waals surface area contributed by atoms with Gasteiger partial charge in [0, 0.05) is 22.4 Å². The monoisotopic (exact) mass is 490 g/mol. The Bertz CT molecular complexity index is 1760. The molecule has 0 aliphatic carbocycles. The Hall–Kier alpha value is -4.99. The minimum Gasteiger partial charge on any atom is -0.366 e. The van der Waals surface area contributed by atoms with Crippen LogP contribution in [0.25, 0.3) is 43.6 Å². The minimum atomic E-state index is -0.752. The van der Waals surface area contributed by atoms with E-state index in [1.54, 1.807) is 43.5 Å². The molecule has 5 aromatic rings. The first kappa shape index (κ1) is 22.8. The molecule has 2 N–H and O–H groups in total. The van der Waals surface area contributed by atoms with Gasteiger partial charge < -0.3 is 5.73 Å². The van der Waals surface area contributed by atoms with Crippen LogP contribution in [0.5, 0.6) is 0 Å². The van der Waals surface area contributed by atoms with Crippen molar-refractivity contribution >= 4 is 27.7 Å². The predicted octanol–water partition coefficient (Wildman–Crippen LogP) is 4.88. The van der Waals surface area contributed by atoms with Crippen molar-refractivity contribution in [2.45, 2.75) is 6.92 Å². The van der Waals surface area contributed by atoms with Crippen LogP contribution < -0.4 is 5.73 Å². The van der Waals surface area contributed by atoms with Crippen LogP contribution in [0, 0.1) is 36.4 Å². The third-order valence-electron chi connectivity index (χ3n) is 5.46. The smallest absolute Gasteiger partial charge is 0.251 e. The zero-order chi connectivity index (χ0) is 25.4. The maximum Gasteiger partial charge on any atom is 0.251 e. The number of pyridine rings is 1. The lowest BCUT2D eigenvalue weighted by Crippen LogP contribution is -2.16. The molecule has 0 spiro atoms. The number of primary amides is 1. The quantitative estimate of drug-likeness (QED) is 0.359. The van der Waals surface area contributed by atoms with E-state index < -0.39 is 11.7 Å². The normalized spacial score (nSPS) is 10.7. The molecule has 0 unspecified atom stereocenters. The van der Waals surface area contributed by atoms with E-state index in [2.05, 4.69) is 31.9 Å². The molecule has 0 aliphatic rings. The van der Waals surface area contributed by atoms with Gasteiger partial charge in [0.05, 0.1) is 29.1 Å². The fourth-order valence-corrected chi connectivity index (χ4v) is 4.73. The van der Waals surface area contributed by atoms with E-state index in [0.29, 0.717) is 49.1 Å². The highest BCUT2D eigenvalue weighted by molar-refractivity contribution is 7.21. The van der Waals surface area contributed by atoms with Gasteiger partial charge in [-0.15, -0.1) is 6.42 Å². The SMILES string of the molecule is C#Cc1ccc(F)cc1-c1cc(C)nc(-c2nc3ncc(-c4ccc(C#N)cc4)nc3s2)c1C(N)=O.